The highest BCUT2D eigenvalue weighted by Crippen LogP contribution is 2.03. The third-order valence-corrected chi connectivity index (χ3v) is 2.39. The summed E-state index contributed by atoms with van der Waals surface area (Å²) in [6, 6.07) is 9.90. The Morgan fingerprint density at radius 2 is 1.73 bits per heavy atom. The molecule has 2 heteroatoms. The van der Waals surface area contributed by atoms with Crippen LogP contribution in [0, 0.1) is 0 Å². The number of rotatable bonds is 3. The van der Waals surface area contributed by atoms with Crippen molar-refractivity contribution >= 4 is 5.91 Å². The standard InChI is InChI=1S/C13H17NO/c1-10(2)11(3)13(15)14-9-12-7-5-4-6-8-12/h4-8H,9H2,1-3H3,(H,14,15). The zero-order valence-corrected chi connectivity index (χ0v) is 9.50. The zero-order valence-electron chi connectivity index (χ0n) is 9.50. The van der Waals surface area contributed by atoms with E-state index in [4.69, 9.17) is 0 Å². The summed E-state index contributed by atoms with van der Waals surface area (Å²) in [7, 11) is 0. The molecule has 1 rings (SSSR count). The minimum absolute atomic E-state index is 0.0128. The second-order valence-electron chi connectivity index (χ2n) is 3.79. The summed E-state index contributed by atoms with van der Waals surface area (Å²) in [5.74, 6) is 0.0128. The molecule has 0 fully saturated rings. The van der Waals surface area contributed by atoms with Crippen LogP contribution >= 0.6 is 0 Å². The predicted molar refractivity (Wildman–Crippen MR) is 62.3 cm³/mol. The van der Waals surface area contributed by atoms with E-state index < -0.39 is 0 Å². The van der Waals surface area contributed by atoms with Crippen LogP contribution in [0.15, 0.2) is 41.5 Å². The van der Waals surface area contributed by atoms with Gasteiger partial charge in [-0.1, -0.05) is 35.9 Å². The Balaban J connectivity index is 2.52. The average Bonchev–Trinajstić information content (AvgIpc) is 2.26. The van der Waals surface area contributed by atoms with Gasteiger partial charge in [-0.05, 0) is 26.3 Å². The van der Waals surface area contributed by atoms with Gasteiger partial charge in [0.15, 0.2) is 0 Å². The molecule has 0 saturated carbocycles. The Kier molecular flexibility index (Phi) is 4.10. The van der Waals surface area contributed by atoms with Crippen molar-refractivity contribution in [2.24, 2.45) is 0 Å². The molecule has 0 saturated heterocycles. The zero-order chi connectivity index (χ0) is 11.3. The smallest absolute Gasteiger partial charge is 0.247 e. The first-order valence-electron chi connectivity index (χ1n) is 5.07. The lowest BCUT2D eigenvalue weighted by molar-refractivity contribution is -0.117. The summed E-state index contributed by atoms with van der Waals surface area (Å²) in [5, 5.41) is 2.88. The first-order valence-corrected chi connectivity index (χ1v) is 5.07. The Labute approximate surface area is 91.0 Å². The molecule has 2 nitrogen and oxygen atoms in total. The summed E-state index contributed by atoms with van der Waals surface area (Å²) in [5.41, 5.74) is 2.97. The number of nitrogens with one attached hydrogen (secondary N) is 1. The van der Waals surface area contributed by atoms with Gasteiger partial charge in [-0.3, -0.25) is 4.79 Å². The van der Waals surface area contributed by atoms with Crippen LogP contribution in [0.2, 0.25) is 0 Å². The van der Waals surface area contributed by atoms with E-state index in [-0.39, 0.29) is 5.91 Å². The molecule has 0 aliphatic rings. The van der Waals surface area contributed by atoms with Gasteiger partial charge in [0.1, 0.15) is 0 Å². The molecular formula is C13H17NO. The molecule has 0 heterocycles. The molecule has 0 spiro atoms. The van der Waals surface area contributed by atoms with Gasteiger partial charge in [0, 0.05) is 12.1 Å². The number of amides is 1. The molecule has 15 heavy (non-hydrogen) atoms. The second kappa shape index (κ2) is 5.35. The second-order valence-corrected chi connectivity index (χ2v) is 3.79. The fraction of sp³-hybridized carbons (Fsp3) is 0.308. The highest BCUT2D eigenvalue weighted by Gasteiger charge is 2.04. The Morgan fingerprint density at radius 3 is 2.27 bits per heavy atom. The SMILES string of the molecule is CC(C)=C(C)C(=O)NCc1ccccc1. The van der Waals surface area contributed by atoms with E-state index in [2.05, 4.69) is 5.32 Å². The number of allylic oxidation sites excluding steroid dienone is 1. The van der Waals surface area contributed by atoms with E-state index in [1.54, 1.807) is 0 Å². The monoisotopic (exact) mass is 203 g/mol. The van der Waals surface area contributed by atoms with Crippen molar-refractivity contribution < 1.29 is 4.79 Å². The maximum Gasteiger partial charge on any atom is 0.247 e. The van der Waals surface area contributed by atoms with Crippen molar-refractivity contribution in [3.8, 4) is 0 Å². The summed E-state index contributed by atoms with van der Waals surface area (Å²) in [4.78, 5) is 11.6. The number of carbonyl (C=O) groups excluding carboxylic acids is 1. The topological polar surface area (TPSA) is 29.1 Å². The molecule has 80 valence electrons. The Morgan fingerprint density at radius 1 is 1.13 bits per heavy atom. The van der Waals surface area contributed by atoms with Crippen LogP contribution in [0.1, 0.15) is 26.3 Å². The number of benzene rings is 1. The molecule has 0 aliphatic heterocycles. The molecule has 0 unspecified atom stereocenters. The van der Waals surface area contributed by atoms with E-state index in [0.29, 0.717) is 6.54 Å². The van der Waals surface area contributed by atoms with Crippen molar-refractivity contribution in [1.82, 2.24) is 5.32 Å². The normalized spacial score (nSPS) is 9.53. The fourth-order valence-corrected chi connectivity index (χ4v) is 1.14. The minimum atomic E-state index is 0.0128. The van der Waals surface area contributed by atoms with Gasteiger partial charge in [-0.25, -0.2) is 0 Å². The summed E-state index contributed by atoms with van der Waals surface area (Å²) >= 11 is 0. The van der Waals surface area contributed by atoms with Gasteiger partial charge < -0.3 is 5.32 Å². The molecule has 0 aromatic heterocycles. The maximum absolute atomic E-state index is 11.6. The van der Waals surface area contributed by atoms with E-state index in [9.17, 15) is 4.79 Å². The number of carbonyl (C=O) groups is 1. The molecule has 1 N–H and O–H groups in total. The molecule has 1 aromatic carbocycles. The highest BCUT2D eigenvalue weighted by atomic mass is 16.1. The first-order chi connectivity index (χ1) is 7.11. The van der Waals surface area contributed by atoms with Crippen molar-refractivity contribution in [2.45, 2.75) is 27.3 Å². The summed E-state index contributed by atoms with van der Waals surface area (Å²) in [6.07, 6.45) is 0. The quantitative estimate of drug-likeness (QED) is 0.752. The summed E-state index contributed by atoms with van der Waals surface area (Å²) in [6.45, 7) is 6.31. The molecule has 1 amide bonds. The van der Waals surface area contributed by atoms with Crippen molar-refractivity contribution in [3.63, 3.8) is 0 Å². The highest BCUT2D eigenvalue weighted by molar-refractivity contribution is 5.93. The van der Waals surface area contributed by atoms with Crippen molar-refractivity contribution in [2.75, 3.05) is 0 Å². The molecular weight excluding hydrogens is 186 g/mol. The summed E-state index contributed by atoms with van der Waals surface area (Å²) < 4.78 is 0. The predicted octanol–water partition coefficient (Wildman–Crippen LogP) is 2.66. The third kappa shape index (κ3) is 3.58. The van der Waals surface area contributed by atoms with Crippen LogP contribution in [-0.4, -0.2) is 5.91 Å². The number of hydrogen-bond acceptors (Lipinski definition) is 1. The van der Waals surface area contributed by atoms with E-state index in [1.165, 1.54) is 0 Å². The lowest BCUT2D eigenvalue weighted by atomic mass is 10.1. The minimum Gasteiger partial charge on any atom is -0.348 e. The van der Waals surface area contributed by atoms with Crippen LogP contribution in [0.25, 0.3) is 0 Å². The third-order valence-electron chi connectivity index (χ3n) is 2.39. The van der Waals surface area contributed by atoms with E-state index in [0.717, 1.165) is 16.7 Å². The van der Waals surface area contributed by atoms with Gasteiger partial charge in [-0.2, -0.15) is 0 Å². The molecule has 0 radical (unpaired) electrons. The van der Waals surface area contributed by atoms with Crippen LogP contribution in [0.4, 0.5) is 0 Å². The maximum atomic E-state index is 11.6. The lowest BCUT2D eigenvalue weighted by Gasteiger charge is -2.06. The average molecular weight is 203 g/mol. The lowest BCUT2D eigenvalue weighted by Crippen LogP contribution is -2.23. The van der Waals surface area contributed by atoms with Gasteiger partial charge in [0.05, 0.1) is 0 Å². The molecule has 1 aromatic rings. The van der Waals surface area contributed by atoms with Crippen molar-refractivity contribution in [3.05, 3.63) is 47.0 Å². The Hall–Kier alpha value is -1.57. The van der Waals surface area contributed by atoms with E-state index >= 15 is 0 Å². The van der Waals surface area contributed by atoms with E-state index in [1.807, 2.05) is 51.1 Å². The van der Waals surface area contributed by atoms with Crippen LogP contribution in [-0.2, 0) is 11.3 Å². The first kappa shape index (κ1) is 11.5. The molecule has 0 bridgehead atoms. The van der Waals surface area contributed by atoms with Gasteiger partial charge in [-0.15, -0.1) is 0 Å². The number of hydrogen-bond donors (Lipinski definition) is 1. The van der Waals surface area contributed by atoms with Crippen molar-refractivity contribution in [1.29, 1.82) is 0 Å². The van der Waals surface area contributed by atoms with Gasteiger partial charge >= 0.3 is 0 Å². The van der Waals surface area contributed by atoms with Crippen LogP contribution in [0.5, 0.6) is 0 Å². The molecule has 0 aliphatic carbocycles. The van der Waals surface area contributed by atoms with Gasteiger partial charge in [0.2, 0.25) is 5.91 Å². The Bertz CT molecular complexity index is 361. The van der Waals surface area contributed by atoms with Crippen LogP contribution < -0.4 is 5.32 Å². The molecule has 0 atom stereocenters. The van der Waals surface area contributed by atoms with Gasteiger partial charge in [0.25, 0.3) is 0 Å². The largest absolute Gasteiger partial charge is 0.348 e. The van der Waals surface area contributed by atoms with Crippen LogP contribution in [0.3, 0.4) is 0 Å². The fourth-order valence-electron chi connectivity index (χ4n) is 1.14.